The van der Waals surface area contributed by atoms with Gasteiger partial charge in [0.25, 0.3) is 0 Å². The third kappa shape index (κ3) is 4.80. The van der Waals surface area contributed by atoms with Crippen molar-refractivity contribution in [2.45, 2.75) is 38.0 Å². The van der Waals surface area contributed by atoms with Gasteiger partial charge in [0.1, 0.15) is 5.82 Å². The smallest absolute Gasteiger partial charge is 0.141 e. The molecule has 0 spiro atoms. The molecule has 0 aliphatic carbocycles. The highest BCUT2D eigenvalue weighted by Crippen LogP contribution is 2.14. The quantitative estimate of drug-likeness (QED) is 0.859. The Hall–Kier alpha value is -0.850. The van der Waals surface area contributed by atoms with Crippen LogP contribution in [0.25, 0.3) is 0 Å². The second-order valence-corrected chi connectivity index (χ2v) is 7.03. The minimum absolute atomic E-state index is 0.334. The summed E-state index contributed by atoms with van der Waals surface area (Å²) in [6.45, 7) is 6.01. The molecule has 0 amide bonds. The number of pyridine rings is 1. The van der Waals surface area contributed by atoms with E-state index in [0.717, 1.165) is 6.20 Å². The molecular formula is C12H19FN2O2S. The number of nitrogens with zero attached hydrogens (tertiary/aromatic N) is 1. The Balaban J connectivity index is 2.40. The second-order valence-electron chi connectivity index (χ2n) is 4.98. The second kappa shape index (κ2) is 6.36. The van der Waals surface area contributed by atoms with Gasteiger partial charge in [0, 0.05) is 6.54 Å². The fraction of sp³-hybridized carbons (Fsp3) is 0.583. The van der Waals surface area contributed by atoms with Crippen LogP contribution in [-0.4, -0.2) is 25.6 Å². The Kier molecular flexibility index (Phi) is 5.37. The molecule has 0 saturated heterocycles. The minimum Gasteiger partial charge on any atom is -0.387 e. The van der Waals surface area contributed by atoms with E-state index in [1.54, 1.807) is 0 Å². The molecule has 0 aromatic carbocycles. The predicted molar refractivity (Wildman–Crippen MR) is 69.7 cm³/mol. The minimum atomic E-state index is -1.16. The molecule has 6 heteroatoms. The summed E-state index contributed by atoms with van der Waals surface area (Å²) >= 11 is 0. The molecule has 0 bridgehead atoms. The number of nitrogens with one attached hydrogen (secondary N) is 1. The van der Waals surface area contributed by atoms with E-state index in [4.69, 9.17) is 0 Å². The number of rotatable bonds is 5. The zero-order chi connectivity index (χ0) is 13.8. The van der Waals surface area contributed by atoms with Crippen molar-refractivity contribution in [2.75, 3.05) is 6.54 Å². The summed E-state index contributed by atoms with van der Waals surface area (Å²) in [4.78, 5) is 3.80. The van der Waals surface area contributed by atoms with E-state index in [9.17, 15) is 13.7 Å². The fourth-order valence-corrected chi connectivity index (χ4v) is 1.97. The Morgan fingerprint density at radius 3 is 2.67 bits per heavy atom. The van der Waals surface area contributed by atoms with E-state index in [-0.39, 0.29) is 4.75 Å². The van der Waals surface area contributed by atoms with Gasteiger partial charge in [-0.3, -0.25) is 4.98 Å². The maximum Gasteiger partial charge on any atom is 0.141 e. The van der Waals surface area contributed by atoms with Crippen LogP contribution < -0.4 is 4.72 Å². The number of halogens is 1. The van der Waals surface area contributed by atoms with Crippen molar-refractivity contribution in [1.29, 1.82) is 0 Å². The van der Waals surface area contributed by atoms with Crippen molar-refractivity contribution in [1.82, 2.24) is 9.71 Å². The molecule has 0 saturated carbocycles. The van der Waals surface area contributed by atoms with Gasteiger partial charge >= 0.3 is 0 Å². The Morgan fingerprint density at radius 1 is 1.50 bits per heavy atom. The molecular weight excluding hydrogens is 255 g/mol. The number of aliphatic hydroxyl groups excluding tert-OH is 1. The average Bonchev–Trinajstić information content (AvgIpc) is 2.28. The van der Waals surface area contributed by atoms with Crippen molar-refractivity contribution < 1.29 is 13.7 Å². The van der Waals surface area contributed by atoms with Gasteiger partial charge in [-0.05, 0) is 39.3 Å². The normalized spacial score (nSPS) is 15.4. The van der Waals surface area contributed by atoms with Crippen molar-refractivity contribution in [3.63, 3.8) is 0 Å². The lowest BCUT2D eigenvalue weighted by atomic mass is 10.2. The number of aliphatic hydroxyl groups is 1. The number of aromatic nitrogens is 1. The first-order valence-corrected chi connectivity index (χ1v) is 6.90. The molecule has 0 aliphatic heterocycles. The molecule has 0 radical (unpaired) electrons. The van der Waals surface area contributed by atoms with Gasteiger partial charge in [0.05, 0.1) is 33.7 Å². The van der Waals surface area contributed by atoms with E-state index >= 15 is 0 Å². The zero-order valence-electron chi connectivity index (χ0n) is 10.8. The predicted octanol–water partition coefficient (Wildman–Crippen LogP) is 1.70. The van der Waals surface area contributed by atoms with Gasteiger partial charge in [-0.25, -0.2) is 13.3 Å². The van der Waals surface area contributed by atoms with Crippen LogP contribution >= 0.6 is 0 Å². The summed E-state index contributed by atoms with van der Waals surface area (Å²) in [5, 5.41) is 9.80. The van der Waals surface area contributed by atoms with Crippen molar-refractivity contribution >= 4 is 11.0 Å². The fourth-order valence-electron chi connectivity index (χ4n) is 1.24. The molecule has 4 nitrogen and oxygen atoms in total. The topological polar surface area (TPSA) is 62.2 Å². The average molecular weight is 274 g/mol. The lowest BCUT2D eigenvalue weighted by molar-refractivity contribution is 0.164. The van der Waals surface area contributed by atoms with Crippen LogP contribution in [0.4, 0.5) is 4.39 Å². The first-order chi connectivity index (χ1) is 8.30. The molecule has 1 aromatic heterocycles. The maximum atomic E-state index is 12.6. The van der Waals surface area contributed by atoms with Crippen LogP contribution in [0.2, 0.25) is 0 Å². The maximum absolute atomic E-state index is 12.6. The largest absolute Gasteiger partial charge is 0.387 e. The standard InChI is InChI=1S/C12H19FN2O2S/c1-12(2,3)18(17)15-7-6-11(16)10-5-4-9(13)8-14-10/h4-5,8,11,15-16H,6-7H2,1-3H3. The summed E-state index contributed by atoms with van der Waals surface area (Å²) in [6, 6.07) is 2.70. The third-order valence-electron chi connectivity index (χ3n) is 2.30. The van der Waals surface area contributed by atoms with Gasteiger partial charge in [-0.2, -0.15) is 0 Å². The zero-order valence-corrected chi connectivity index (χ0v) is 11.6. The Bertz CT molecular complexity index is 404. The van der Waals surface area contributed by atoms with E-state index in [2.05, 4.69) is 9.71 Å². The van der Waals surface area contributed by atoms with E-state index < -0.39 is 22.9 Å². The monoisotopic (exact) mass is 274 g/mol. The number of hydrogen-bond acceptors (Lipinski definition) is 3. The highest BCUT2D eigenvalue weighted by Gasteiger charge is 2.19. The lowest BCUT2D eigenvalue weighted by Gasteiger charge is -2.18. The van der Waals surface area contributed by atoms with Crippen LogP contribution in [0.1, 0.15) is 39.0 Å². The molecule has 2 unspecified atom stereocenters. The van der Waals surface area contributed by atoms with Crippen LogP contribution in [0.5, 0.6) is 0 Å². The van der Waals surface area contributed by atoms with Crippen molar-refractivity contribution in [2.24, 2.45) is 0 Å². The first-order valence-electron chi connectivity index (χ1n) is 5.75. The molecule has 0 aliphatic rings. The molecule has 18 heavy (non-hydrogen) atoms. The van der Waals surface area contributed by atoms with Crippen LogP contribution in [-0.2, 0) is 11.0 Å². The van der Waals surface area contributed by atoms with Crippen molar-refractivity contribution in [3.05, 3.63) is 29.8 Å². The van der Waals surface area contributed by atoms with Gasteiger partial charge in [0.15, 0.2) is 0 Å². The van der Waals surface area contributed by atoms with Gasteiger partial charge < -0.3 is 5.11 Å². The molecule has 1 heterocycles. The molecule has 2 N–H and O–H groups in total. The van der Waals surface area contributed by atoms with Crippen molar-refractivity contribution in [3.8, 4) is 0 Å². The Morgan fingerprint density at radius 2 is 2.17 bits per heavy atom. The first kappa shape index (κ1) is 15.2. The molecule has 102 valence electrons. The van der Waals surface area contributed by atoms with Gasteiger partial charge in [-0.1, -0.05) is 0 Å². The van der Waals surface area contributed by atoms with E-state index in [0.29, 0.717) is 18.7 Å². The van der Waals surface area contributed by atoms with Gasteiger partial charge in [0.2, 0.25) is 0 Å². The Labute approximate surface area is 109 Å². The summed E-state index contributed by atoms with van der Waals surface area (Å²) in [5.41, 5.74) is 0.416. The van der Waals surface area contributed by atoms with Crippen LogP contribution in [0, 0.1) is 5.82 Å². The summed E-state index contributed by atoms with van der Waals surface area (Å²) < 4.78 is 26.8. The molecule has 1 aromatic rings. The highest BCUT2D eigenvalue weighted by molar-refractivity contribution is 7.84. The third-order valence-corrected chi connectivity index (χ3v) is 3.88. The number of hydrogen-bond donors (Lipinski definition) is 2. The SMILES string of the molecule is CC(C)(C)S(=O)NCCC(O)c1ccc(F)cn1. The summed E-state index contributed by atoms with van der Waals surface area (Å²) in [7, 11) is -1.16. The lowest BCUT2D eigenvalue weighted by Crippen LogP contribution is -2.34. The van der Waals surface area contributed by atoms with Gasteiger partial charge in [-0.15, -0.1) is 0 Å². The van der Waals surface area contributed by atoms with E-state index in [1.807, 2.05) is 20.8 Å². The molecule has 2 atom stereocenters. The molecule has 1 rings (SSSR count). The van der Waals surface area contributed by atoms with Crippen LogP contribution in [0.15, 0.2) is 18.3 Å². The highest BCUT2D eigenvalue weighted by atomic mass is 32.2. The van der Waals surface area contributed by atoms with Crippen LogP contribution in [0.3, 0.4) is 0 Å². The van der Waals surface area contributed by atoms with E-state index in [1.165, 1.54) is 12.1 Å². The summed E-state index contributed by atoms with van der Waals surface area (Å²) in [5.74, 6) is -0.432. The summed E-state index contributed by atoms with van der Waals surface area (Å²) in [6.07, 6.45) is 0.662. The molecule has 0 fully saturated rings.